The first-order chi connectivity index (χ1) is 9.01. The molecule has 100 valence electrons. The van der Waals surface area contributed by atoms with E-state index in [1.54, 1.807) is 12.1 Å². The minimum atomic E-state index is -0.563. The quantitative estimate of drug-likeness (QED) is 0.762. The van der Waals surface area contributed by atoms with Crippen LogP contribution in [0.4, 0.5) is 0 Å². The van der Waals surface area contributed by atoms with E-state index in [1.807, 2.05) is 0 Å². The highest BCUT2D eigenvalue weighted by molar-refractivity contribution is 7.15. The zero-order chi connectivity index (χ0) is 14.0. The van der Waals surface area contributed by atoms with E-state index in [2.05, 4.69) is 9.72 Å². The Hall–Kier alpha value is -1.01. The van der Waals surface area contributed by atoms with Gasteiger partial charge in [-0.3, -0.25) is 0 Å². The number of nitrogens with zero attached hydrogens (tertiary/aromatic N) is 1. The lowest BCUT2D eigenvalue weighted by Crippen LogP contribution is -1.98. The van der Waals surface area contributed by atoms with E-state index in [1.165, 1.54) is 13.2 Å². The maximum Gasteiger partial charge on any atom is 0.351 e. The zero-order valence-corrected chi connectivity index (χ0v) is 12.5. The van der Waals surface area contributed by atoms with Gasteiger partial charge in [-0.2, -0.15) is 4.98 Å². The molecule has 0 unspecified atom stereocenters. The summed E-state index contributed by atoms with van der Waals surface area (Å²) in [6.45, 7) is 0. The third kappa shape index (κ3) is 3.30. The molecule has 1 aromatic carbocycles. The largest absolute Gasteiger partial charge is 0.465 e. The number of thiazole rings is 1. The van der Waals surface area contributed by atoms with Gasteiger partial charge in [-0.05, 0) is 12.1 Å². The first-order valence-electron chi connectivity index (χ1n) is 4.89. The molecule has 2 rings (SSSR count). The summed E-state index contributed by atoms with van der Waals surface area (Å²) in [5.74, 6) is -0.122. The predicted octanol–water partition coefficient (Wildman–Crippen LogP) is 4.68. The summed E-state index contributed by atoms with van der Waals surface area (Å²) in [6.07, 6.45) is 0. The molecular weight excluding hydrogens is 333 g/mol. The van der Waals surface area contributed by atoms with Crippen LogP contribution in [0.25, 0.3) is 0 Å². The predicted molar refractivity (Wildman–Crippen MR) is 75.0 cm³/mol. The second kappa shape index (κ2) is 5.96. The Labute approximate surface area is 127 Å². The Bertz CT molecular complexity index is 630. The molecule has 0 aliphatic rings. The van der Waals surface area contributed by atoms with E-state index in [4.69, 9.17) is 39.5 Å². The smallest absolute Gasteiger partial charge is 0.351 e. The van der Waals surface area contributed by atoms with Gasteiger partial charge >= 0.3 is 5.97 Å². The minimum Gasteiger partial charge on any atom is -0.465 e. The standard InChI is InChI=1S/C11H6Cl3NO3S/c1-17-10(16)8-9(14)15-11(19-8)18-5-2-3-6(12)7(13)4-5/h2-4H,1H3. The lowest BCUT2D eigenvalue weighted by Gasteiger charge is -2.02. The van der Waals surface area contributed by atoms with Gasteiger partial charge in [0, 0.05) is 6.07 Å². The van der Waals surface area contributed by atoms with Crippen LogP contribution < -0.4 is 4.74 Å². The second-order valence-corrected chi connectivity index (χ2v) is 5.40. The first-order valence-corrected chi connectivity index (χ1v) is 6.84. The molecule has 0 aliphatic carbocycles. The fourth-order valence-electron chi connectivity index (χ4n) is 1.19. The molecule has 0 spiro atoms. The summed E-state index contributed by atoms with van der Waals surface area (Å²) < 4.78 is 10.0. The molecule has 2 aromatic rings. The molecule has 1 heterocycles. The Balaban J connectivity index is 2.24. The third-order valence-electron chi connectivity index (χ3n) is 2.03. The van der Waals surface area contributed by atoms with Gasteiger partial charge < -0.3 is 9.47 Å². The fraction of sp³-hybridized carbons (Fsp3) is 0.0909. The summed E-state index contributed by atoms with van der Waals surface area (Å²) in [7, 11) is 1.26. The van der Waals surface area contributed by atoms with Gasteiger partial charge in [0.1, 0.15) is 5.75 Å². The van der Waals surface area contributed by atoms with Crippen molar-refractivity contribution in [2.24, 2.45) is 0 Å². The highest BCUT2D eigenvalue weighted by Gasteiger charge is 2.18. The first kappa shape index (κ1) is 14.4. The number of hydrogen-bond acceptors (Lipinski definition) is 5. The molecule has 0 amide bonds. The number of carbonyl (C=O) groups is 1. The highest BCUT2D eigenvalue weighted by atomic mass is 35.5. The Kier molecular flexibility index (Phi) is 4.52. The minimum absolute atomic E-state index is 0.0342. The number of hydrogen-bond donors (Lipinski definition) is 0. The normalized spacial score (nSPS) is 10.3. The van der Waals surface area contributed by atoms with Crippen molar-refractivity contribution >= 4 is 52.1 Å². The molecule has 4 nitrogen and oxygen atoms in total. The second-order valence-electron chi connectivity index (χ2n) is 3.27. The van der Waals surface area contributed by atoms with Gasteiger partial charge in [-0.25, -0.2) is 4.79 Å². The maximum atomic E-state index is 11.4. The number of methoxy groups -OCH3 is 1. The molecule has 0 fully saturated rings. The molecule has 0 N–H and O–H groups in total. The van der Waals surface area contributed by atoms with Crippen LogP contribution in [0.3, 0.4) is 0 Å². The van der Waals surface area contributed by atoms with Gasteiger partial charge in [0.05, 0.1) is 17.2 Å². The summed E-state index contributed by atoms with van der Waals surface area (Å²) >= 11 is 18.4. The van der Waals surface area contributed by atoms with Crippen molar-refractivity contribution in [1.29, 1.82) is 0 Å². The van der Waals surface area contributed by atoms with Crippen molar-refractivity contribution in [2.45, 2.75) is 0 Å². The average Bonchev–Trinajstić information content (AvgIpc) is 2.74. The van der Waals surface area contributed by atoms with Crippen molar-refractivity contribution in [2.75, 3.05) is 7.11 Å². The molecule has 19 heavy (non-hydrogen) atoms. The van der Waals surface area contributed by atoms with E-state index in [-0.39, 0.29) is 15.2 Å². The molecule has 0 aliphatic heterocycles. The Morgan fingerprint density at radius 3 is 2.63 bits per heavy atom. The van der Waals surface area contributed by atoms with Crippen molar-refractivity contribution in [1.82, 2.24) is 4.98 Å². The van der Waals surface area contributed by atoms with Gasteiger partial charge in [0.15, 0.2) is 10.0 Å². The van der Waals surface area contributed by atoms with Crippen LogP contribution in [0, 0.1) is 0 Å². The van der Waals surface area contributed by atoms with Crippen molar-refractivity contribution in [3.8, 4) is 10.9 Å². The van der Waals surface area contributed by atoms with Crippen LogP contribution in [0.2, 0.25) is 15.2 Å². The zero-order valence-electron chi connectivity index (χ0n) is 9.45. The lowest BCUT2D eigenvalue weighted by atomic mass is 10.3. The molecule has 0 bridgehead atoms. The van der Waals surface area contributed by atoms with Gasteiger partial charge in [0.2, 0.25) is 0 Å². The molecular formula is C11H6Cl3NO3S. The number of carbonyl (C=O) groups excluding carboxylic acids is 1. The topological polar surface area (TPSA) is 48.4 Å². The molecule has 0 radical (unpaired) electrons. The fourth-order valence-corrected chi connectivity index (χ4v) is 2.54. The summed E-state index contributed by atoms with van der Waals surface area (Å²) in [5, 5.41) is 1.02. The number of aromatic nitrogens is 1. The molecule has 8 heteroatoms. The lowest BCUT2D eigenvalue weighted by molar-refractivity contribution is 0.0606. The van der Waals surface area contributed by atoms with Crippen molar-refractivity contribution < 1.29 is 14.3 Å². The van der Waals surface area contributed by atoms with Crippen LogP contribution in [0.5, 0.6) is 10.9 Å². The summed E-state index contributed by atoms with van der Waals surface area (Å²) in [6, 6.07) is 4.76. The van der Waals surface area contributed by atoms with E-state index >= 15 is 0 Å². The van der Waals surface area contributed by atoms with E-state index in [0.717, 1.165) is 11.3 Å². The molecule has 0 saturated heterocycles. The van der Waals surface area contributed by atoms with Crippen LogP contribution in [0.15, 0.2) is 18.2 Å². The molecule has 1 aromatic heterocycles. The van der Waals surface area contributed by atoms with E-state index in [9.17, 15) is 4.79 Å². The molecule has 0 atom stereocenters. The Morgan fingerprint density at radius 2 is 2.00 bits per heavy atom. The summed E-state index contributed by atoms with van der Waals surface area (Å²) in [5.41, 5.74) is 0. The monoisotopic (exact) mass is 337 g/mol. The molecule has 0 saturated carbocycles. The van der Waals surface area contributed by atoms with Gasteiger partial charge in [0.25, 0.3) is 5.19 Å². The third-order valence-corrected chi connectivity index (χ3v) is 4.07. The van der Waals surface area contributed by atoms with Crippen LogP contribution in [-0.2, 0) is 4.74 Å². The SMILES string of the molecule is COC(=O)c1sc(Oc2ccc(Cl)c(Cl)c2)nc1Cl. The van der Waals surface area contributed by atoms with E-state index in [0.29, 0.717) is 15.8 Å². The number of halogens is 3. The Morgan fingerprint density at radius 1 is 1.26 bits per heavy atom. The number of ether oxygens (including phenoxy) is 2. The number of benzene rings is 1. The van der Waals surface area contributed by atoms with Crippen molar-refractivity contribution in [3.63, 3.8) is 0 Å². The highest BCUT2D eigenvalue weighted by Crippen LogP contribution is 2.34. The van der Waals surface area contributed by atoms with E-state index < -0.39 is 5.97 Å². The number of esters is 1. The van der Waals surface area contributed by atoms with Crippen LogP contribution in [0.1, 0.15) is 9.67 Å². The maximum absolute atomic E-state index is 11.4. The van der Waals surface area contributed by atoms with Crippen LogP contribution in [-0.4, -0.2) is 18.1 Å². The van der Waals surface area contributed by atoms with Gasteiger partial charge in [-0.1, -0.05) is 46.1 Å². The van der Waals surface area contributed by atoms with Crippen LogP contribution >= 0.6 is 46.1 Å². The van der Waals surface area contributed by atoms with Crippen molar-refractivity contribution in [3.05, 3.63) is 38.3 Å². The average molecular weight is 339 g/mol. The van der Waals surface area contributed by atoms with Gasteiger partial charge in [-0.15, -0.1) is 0 Å². The summed E-state index contributed by atoms with van der Waals surface area (Å²) in [4.78, 5) is 15.5. The number of rotatable bonds is 3.